The molecule has 2 aromatic rings. The molecule has 0 saturated heterocycles. The predicted molar refractivity (Wildman–Crippen MR) is 101 cm³/mol. The molecule has 0 amide bonds. The SMILES string of the molecule is CCc1[nH]nc2c1C(c1ccccc1OC)C1C(=O)CC(C)(C)CC1=N2. The first-order chi connectivity index (χ1) is 12.4. The van der Waals surface area contributed by atoms with E-state index in [0.29, 0.717) is 6.42 Å². The first-order valence-electron chi connectivity index (χ1n) is 9.25. The molecule has 2 aliphatic rings. The van der Waals surface area contributed by atoms with Crippen LogP contribution in [-0.4, -0.2) is 28.8 Å². The molecule has 5 nitrogen and oxygen atoms in total. The molecule has 2 unspecified atom stereocenters. The van der Waals surface area contributed by atoms with Crippen LogP contribution in [-0.2, 0) is 11.2 Å². The van der Waals surface area contributed by atoms with Crippen LogP contribution in [0.4, 0.5) is 5.82 Å². The number of carbonyl (C=O) groups excluding carboxylic acids is 1. The summed E-state index contributed by atoms with van der Waals surface area (Å²) < 4.78 is 5.64. The van der Waals surface area contributed by atoms with E-state index in [1.54, 1.807) is 7.11 Å². The van der Waals surface area contributed by atoms with Gasteiger partial charge in [0.05, 0.1) is 13.0 Å². The normalized spacial score (nSPS) is 23.8. The molecule has 2 atom stereocenters. The molecule has 2 heterocycles. The predicted octanol–water partition coefficient (Wildman–Crippen LogP) is 4.20. The van der Waals surface area contributed by atoms with E-state index >= 15 is 0 Å². The molecule has 26 heavy (non-hydrogen) atoms. The number of aliphatic imine (C=N–C) groups is 1. The molecule has 1 N–H and O–H groups in total. The lowest BCUT2D eigenvalue weighted by Crippen LogP contribution is -2.42. The Hall–Kier alpha value is -2.43. The quantitative estimate of drug-likeness (QED) is 0.901. The molecule has 5 heteroatoms. The van der Waals surface area contributed by atoms with Gasteiger partial charge in [0.15, 0.2) is 5.82 Å². The molecule has 1 saturated carbocycles. The summed E-state index contributed by atoms with van der Waals surface area (Å²) in [5.74, 6) is 1.49. The lowest BCUT2D eigenvalue weighted by Gasteiger charge is -2.40. The van der Waals surface area contributed by atoms with Crippen molar-refractivity contribution in [1.82, 2.24) is 10.2 Å². The van der Waals surface area contributed by atoms with Crippen molar-refractivity contribution in [2.24, 2.45) is 16.3 Å². The van der Waals surface area contributed by atoms with E-state index in [2.05, 4.69) is 37.0 Å². The number of rotatable bonds is 3. The number of hydrogen-bond donors (Lipinski definition) is 1. The van der Waals surface area contributed by atoms with Crippen molar-refractivity contribution in [2.75, 3.05) is 7.11 Å². The van der Waals surface area contributed by atoms with E-state index in [-0.39, 0.29) is 23.0 Å². The Morgan fingerprint density at radius 3 is 2.73 bits per heavy atom. The van der Waals surface area contributed by atoms with Gasteiger partial charge in [-0.05, 0) is 24.3 Å². The fraction of sp³-hybridized carbons (Fsp3) is 0.476. The van der Waals surface area contributed by atoms with Crippen LogP contribution in [0.15, 0.2) is 29.3 Å². The van der Waals surface area contributed by atoms with Crippen molar-refractivity contribution >= 4 is 17.3 Å². The number of H-pyrrole nitrogens is 1. The average molecular weight is 351 g/mol. The number of ketones is 1. The number of methoxy groups -OCH3 is 1. The Labute approximate surface area is 153 Å². The molecule has 0 spiro atoms. The molecule has 1 aromatic heterocycles. The molecular formula is C21H25N3O2. The van der Waals surface area contributed by atoms with E-state index in [1.807, 2.05) is 18.2 Å². The van der Waals surface area contributed by atoms with Crippen LogP contribution in [0.1, 0.15) is 56.4 Å². The van der Waals surface area contributed by atoms with E-state index in [1.165, 1.54) is 0 Å². The molecule has 1 aliphatic heterocycles. The molecule has 0 bridgehead atoms. The van der Waals surface area contributed by atoms with E-state index in [4.69, 9.17) is 9.73 Å². The number of Topliss-reactive ketones (excluding diaryl/α,β-unsaturated/α-hetero) is 1. The van der Waals surface area contributed by atoms with Gasteiger partial charge in [-0.3, -0.25) is 9.89 Å². The van der Waals surface area contributed by atoms with Crippen molar-refractivity contribution in [3.8, 4) is 5.75 Å². The van der Waals surface area contributed by atoms with Gasteiger partial charge >= 0.3 is 0 Å². The van der Waals surface area contributed by atoms with Crippen molar-refractivity contribution in [3.05, 3.63) is 41.1 Å². The van der Waals surface area contributed by atoms with Crippen molar-refractivity contribution in [1.29, 1.82) is 0 Å². The summed E-state index contributed by atoms with van der Waals surface area (Å²) in [6.07, 6.45) is 2.23. The van der Waals surface area contributed by atoms with Crippen LogP contribution in [0.25, 0.3) is 0 Å². The molecule has 0 radical (unpaired) electrons. The van der Waals surface area contributed by atoms with Crippen molar-refractivity contribution in [3.63, 3.8) is 0 Å². The highest BCUT2D eigenvalue weighted by Gasteiger charge is 2.47. The average Bonchev–Trinajstić information content (AvgIpc) is 3.01. The van der Waals surface area contributed by atoms with Gasteiger partial charge < -0.3 is 4.74 Å². The lowest BCUT2D eigenvalue weighted by atomic mass is 9.63. The maximum absolute atomic E-state index is 13.2. The minimum absolute atomic E-state index is 0.0564. The highest BCUT2D eigenvalue weighted by molar-refractivity contribution is 6.11. The van der Waals surface area contributed by atoms with Crippen LogP contribution < -0.4 is 4.74 Å². The fourth-order valence-corrected chi connectivity index (χ4v) is 4.54. The zero-order chi connectivity index (χ0) is 18.5. The van der Waals surface area contributed by atoms with Gasteiger partial charge in [-0.2, -0.15) is 5.10 Å². The third kappa shape index (κ3) is 2.57. The highest BCUT2D eigenvalue weighted by Crippen LogP contribution is 2.50. The van der Waals surface area contributed by atoms with Gasteiger partial charge in [0.25, 0.3) is 0 Å². The number of benzene rings is 1. The zero-order valence-corrected chi connectivity index (χ0v) is 15.8. The Bertz CT molecular complexity index is 894. The second-order valence-corrected chi connectivity index (χ2v) is 8.08. The molecular weight excluding hydrogens is 326 g/mol. The third-order valence-electron chi connectivity index (χ3n) is 5.60. The third-order valence-corrected chi connectivity index (χ3v) is 5.60. The standard InChI is InChI=1S/C21H25N3O2/c1-5-13-19-17(12-8-6-7-9-16(12)26-4)18-14(22-20(19)24-23-13)10-21(2,3)11-15(18)25/h6-9,17-18H,5,10-11H2,1-4H3,(H,23,24). The maximum Gasteiger partial charge on any atom is 0.177 e. The van der Waals surface area contributed by atoms with Crippen LogP contribution >= 0.6 is 0 Å². The summed E-state index contributed by atoms with van der Waals surface area (Å²) in [5, 5.41) is 7.60. The molecule has 136 valence electrons. The number of nitrogens with zero attached hydrogens (tertiary/aromatic N) is 2. The number of fused-ring (bicyclic) bond motifs is 2. The smallest absolute Gasteiger partial charge is 0.177 e. The minimum atomic E-state index is -0.227. The number of nitrogens with one attached hydrogen (secondary N) is 1. The van der Waals surface area contributed by atoms with Gasteiger partial charge in [0.1, 0.15) is 11.5 Å². The van der Waals surface area contributed by atoms with E-state index < -0.39 is 0 Å². The summed E-state index contributed by atoms with van der Waals surface area (Å²) >= 11 is 0. The van der Waals surface area contributed by atoms with Crippen LogP contribution in [0, 0.1) is 11.3 Å². The van der Waals surface area contributed by atoms with Crippen LogP contribution in [0.3, 0.4) is 0 Å². The second kappa shape index (κ2) is 6.08. The molecule has 1 fully saturated rings. The summed E-state index contributed by atoms with van der Waals surface area (Å²) in [6.45, 7) is 6.37. The number of ether oxygens (including phenoxy) is 1. The Balaban J connectivity index is 1.95. The number of para-hydroxylation sites is 1. The number of carbonyl (C=O) groups is 1. The molecule has 4 rings (SSSR count). The largest absolute Gasteiger partial charge is 0.496 e. The van der Waals surface area contributed by atoms with E-state index in [9.17, 15) is 4.79 Å². The topological polar surface area (TPSA) is 67.3 Å². The van der Waals surface area contributed by atoms with Gasteiger partial charge in [0.2, 0.25) is 0 Å². The lowest BCUT2D eigenvalue weighted by molar-refractivity contribution is -0.124. The number of aromatic nitrogens is 2. The second-order valence-electron chi connectivity index (χ2n) is 8.08. The van der Waals surface area contributed by atoms with Crippen molar-refractivity contribution < 1.29 is 9.53 Å². The summed E-state index contributed by atoms with van der Waals surface area (Å²) in [4.78, 5) is 18.0. The maximum atomic E-state index is 13.2. The first kappa shape index (κ1) is 17.0. The molecule has 1 aliphatic carbocycles. The number of aromatic amines is 1. The Kier molecular flexibility index (Phi) is 3.98. The Morgan fingerprint density at radius 1 is 1.23 bits per heavy atom. The van der Waals surface area contributed by atoms with E-state index in [0.717, 1.165) is 46.9 Å². The summed E-state index contributed by atoms with van der Waals surface area (Å²) in [7, 11) is 1.68. The Morgan fingerprint density at radius 2 is 2.00 bits per heavy atom. The number of aryl methyl sites for hydroxylation is 1. The zero-order valence-electron chi connectivity index (χ0n) is 15.8. The highest BCUT2D eigenvalue weighted by atomic mass is 16.5. The van der Waals surface area contributed by atoms with Gasteiger partial charge in [-0.25, -0.2) is 4.99 Å². The molecule has 1 aromatic carbocycles. The van der Waals surface area contributed by atoms with Gasteiger partial charge in [-0.1, -0.05) is 39.0 Å². The first-order valence-corrected chi connectivity index (χ1v) is 9.25. The van der Waals surface area contributed by atoms with Crippen LogP contribution in [0.5, 0.6) is 5.75 Å². The monoisotopic (exact) mass is 351 g/mol. The van der Waals surface area contributed by atoms with Crippen molar-refractivity contribution in [2.45, 2.75) is 46.0 Å². The minimum Gasteiger partial charge on any atom is -0.496 e. The van der Waals surface area contributed by atoms with Crippen LogP contribution in [0.2, 0.25) is 0 Å². The van der Waals surface area contributed by atoms with Gasteiger partial charge in [0, 0.05) is 34.9 Å². The summed E-state index contributed by atoms with van der Waals surface area (Å²) in [6, 6.07) is 7.99. The number of hydrogen-bond acceptors (Lipinski definition) is 4. The van der Waals surface area contributed by atoms with Gasteiger partial charge in [-0.15, -0.1) is 0 Å². The fourth-order valence-electron chi connectivity index (χ4n) is 4.54. The summed E-state index contributed by atoms with van der Waals surface area (Å²) in [5.41, 5.74) is 4.05.